The molecule has 0 atom stereocenters. The Morgan fingerprint density at radius 2 is 1.56 bits per heavy atom. The smallest absolute Gasteiger partial charge is 0.324 e. The molecule has 0 radical (unpaired) electrons. The van der Waals surface area contributed by atoms with Gasteiger partial charge in [-0.05, 0) is 42.7 Å². The maximum Gasteiger partial charge on any atom is 0.332 e. The van der Waals surface area contributed by atoms with E-state index in [1.165, 1.54) is 9.13 Å². The molecule has 0 saturated heterocycles. The second-order valence-corrected chi connectivity index (χ2v) is 7.82. The van der Waals surface area contributed by atoms with Crippen molar-refractivity contribution < 1.29 is 4.79 Å². The molecule has 0 aliphatic heterocycles. The SMILES string of the molecule is CCc1ccccc1NC(=O)Cn1c(=O)n(Cc2ccc(C)cc2)c(=O)c2ccccc21. The number of hydrogen-bond acceptors (Lipinski definition) is 3. The molecule has 0 aliphatic carbocycles. The molecule has 32 heavy (non-hydrogen) atoms. The van der Waals surface area contributed by atoms with E-state index < -0.39 is 5.69 Å². The Balaban J connectivity index is 1.75. The third-order valence-corrected chi connectivity index (χ3v) is 5.57. The number of fused-ring (bicyclic) bond motifs is 1. The van der Waals surface area contributed by atoms with Crippen LogP contribution in [-0.4, -0.2) is 15.0 Å². The van der Waals surface area contributed by atoms with Crippen molar-refractivity contribution in [1.82, 2.24) is 9.13 Å². The molecular formula is C26H25N3O3. The fourth-order valence-electron chi connectivity index (χ4n) is 3.82. The minimum atomic E-state index is -0.506. The summed E-state index contributed by atoms with van der Waals surface area (Å²) in [6.07, 6.45) is 0.779. The zero-order chi connectivity index (χ0) is 22.7. The van der Waals surface area contributed by atoms with Gasteiger partial charge in [0.15, 0.2) is 0 Å². The summed E-state index contributed by atoms with van der Waals surface area (Å²) in [7, 11) is 0. The Morgan fingerprint density at radius 3 is 2.31 bits per heavy atom. The predicted octanol–water partition coefficient (Wildman–Crippen LogP) is 3.72. The average Bonchev–Trinajstić information content (AvgIpc) is 2.81. The number of para-hydroxylation sites is 2. The van der Waals surface area contributed by atoms with Gasteiger partial charge in [0.25, 0.3) is 5.56 Å². The fourth-order valence-corrected chi connectivity index (χ4v) is 3.82. The highest BCUT2D eigenvalue weighted by molar-refractivity contribution is 5.92. The van der Waals surface area contributed by atoms with Crippen LogP contribution < -0.4 is 16.6 Å². The van der Waals surface area contributed by atoms with E-state index in [-0.39, 0.29) is 24.6 Å². The summed E-state index contributed by atoms with van der Waals surface area (Å²) < 4.78 is 2.56. The molecule has 1 amide bonds. The van der Waals surface area contributed by atoms with Crippen LogP contribution in [-0.2, 0) is 24.3 Å². The van der Waals surface area contributed by atoms with Crippen LogP contribution in [0.15, 0.2) is 82.4 Å². The van der Waals surface area contributed by atoms with Crippen molar-refractivity contribution in [2.75, 3.05) is 5.32 Å². The Kier molecular flexibility index (Phi) is 6.03. The van der Waals surface area contributed by atoms with Gasteiger partial charge in [-0.1, -0.05) is 67.1 Å². The molecule has 6 heteroatoms. The van der Waals surface area contributed by atoms with E-state index in [1.807, 2.05) is 62.4 Å². The molecule has 0 bridgehead atoms. The van der Waals surface area contributed by atoms with Gasteiger partial charge in [-0.25, -0.2) is 4.79 Å². The van der Waals surface area contributed by atoms with Crippen molar-refractivity contribution >= 4 is 22.5 Å². The number of nitrogens with one attached hydrogen (secondary N) is 1. The molecule has 1 heterocycles. The lowest BCUT2D eigenvalue weighted by atomic mass is 10.1. The number of aromatic nitrogens is 2. The first-order valence-electron chi connectivity index (χ1n) is 10.6. The molecule has 4 rings (SSSR count). The second kappa shape index (κ2) is 9.06. The minimum absolute atomic E-state index is 0.142. The van der Waals surface area contributed by atoms with Crippen LogP contribution in [0.3, 0.4) is 0 Å². The van der Waals surface area contributed by atoms with E-state index in [4.69, 9.17) is 0 Å². The molecule has 4 aromatic rings. The lowest BCUT2D eigenvalue weighted by Crippen LogP contribution is -2.42. The highest BCUT2D eigenvalue weighted by atomic mass is 16.2. The molecule has 6 nitrogen and oxygen atoms in total. The monoisotopic (exact) mass is 427 g/mol. The highest BCUT2D eigenvalue weighted by Crippen LogP contribution is 2.16. The van der Waals surface area contributed by atoms with Crippen LogP contribution in [0.1, 0.15) is 23.6 Å². The van der Waals surface area contributed by atoms with Crippen LogP contribution in [0, 0.1) is 6.92 Å². The Hall–Kier alpha value is -3.93. The summed E-state index contributed by atoms with van der Waals surface area (Å²) in [5.41, 5.74) is 3.26. The predicted molar refractivity (Wildman–Crippen MR) is 127 cm³/mol. The van der Waals surface area contributed by atoms with E-state index in [9.17, 15) is 14.4 Å². The van der Waals surface area contributed by atoms with Crippen LogP contribution in [0.4, 0.5) is 5.69 Å². The van der Waals surface area contributed by atoms with Gasteiger partial charge in [0, 0.05) is 5.69 Å². The number of anilines is 1. The van der Waals surface area contributed by atoms with Crippen LogP contribution in [0.2, 0.25) is 0 Å². The zero-order valence-corrected chi connectivity index (χ0v) is 18.2. The quantitative estimate of drug-likeness (QED) is 0.510. The number of hydrogen-bond donors (Lipinski definition) is 1. The molecule has 1 N–H and O–H groups in total. The minimum Gasteiger partial charge on any atom is -0.324 e. The first-order valence-corrected chi connectivity index (χ1v) is 10.6. The van der Waals surface area contributed by atoms with Crippen LogP contribution in [0.25, 0.3) is 10.9 Å². The highest BCUT2D eigenvalue weighted by Gasteiger charge is 2.16. The third kappa shape index (κ3) is 4.25. The summed E-state index contributed by atoms with van der Waals surface area (Å²) in [4.78, 5) is 39.3. The van der Waals surface area contributed by atoms with E-state index >= 15 is 0 Å². The van der Waals surface area contributed by atoms with Gasteiger partial charge in [-0.3, -0.25) is 18.7 Å². The van der Waals surface area contributed by atoms with Gasteiger partial charge in [0.2, 0.25) is 5.91 Å². The topological polar surface area (TPSA) is 73.1 Å². The summed E-state index contributed by atoms with van der Waals surface area (Å²) in [6, 6.07) is 22.2. The van der Waals surface area contributed by atoms with Gasteiger partial charge < -0.3 is 5.32 Å². The van der Waals surface area contributed by atoms with Crippen molar-refractivity contribution in [3.05, 3.63) is 110 Å². The van der Waals surface area contributed by atoms with E-state index in [0.29, 0.717) is 10.9 Å². The molecule has 0 aliphatic rings. The fraction of sp³-hybridized carbons (Fsp3) is 0.192. The summed E-state index contributed by atoms with van der Waals surface area (Å²) >= 11 is 0. The summed E-state index contributed by atoms with van der Waals surface area (Å²) in [6.45, 7) is 3.95. The van der Waals surface area contributed by atoms with Gasteiger partial charge >= 0.3 is 5.69 Å². The number of aryl methyl sites for hydroxylation is 2. The second-order valence-electron chi connectivity index (χ2n) is 7.82. The van der Waals surface area contributed by atoms with Crippen molar-refractivity contribution in [2.24, 2.45) is 0 Å². The number of amides is 1. The third-order valence-electron chi connectivity index (χ3n) is 5.57. The molecule has 0 spiro atoms. The Labute approximate surface area is 185 Å². The lowest BCUT2D eigenvalue weighted by molar-refractivity contribution is -0.116. The van der Waals surface area contributed by atoms with Crippen molar-refractivity contribution in [3.63, 3.8) is 0 Å². The molecule has 3 aromatic carbocycles. The lowest BCUT2D eigenvalue weighted by Gasteiger charge is -2.15. The Bertz CT molecular complexity index is 1400. The largest absolute Gasteiger partial charge is 0.332 e. The van der Waals surface area contributed by atoms with E-state index in [1.54, 1.807) is 24.3 Å². The van der Waals surface area contributed by atoms with Gasteiger partial charge in [0.1, 0.15) is 6.54 Å². The molecule has 0 fully saturated rings. The van der Waals surface area contributed by atoms with Crippen molar-refractivity contribution in [1.29, 1.82) is 0 Å². The first-order chi connectivity index (χ1) is 15.5. The van der Waals surface area contributed by atoms with Gasteiger partial charge in [-0.2, -0.15) is 0 Å². The standard InChI is InChI=1S/C26H25N3O3/c1-3-20-8-4-6-10-22(20)27-24(30)17-28-23-11-7-5-9-21(23)25(31)29(26(28)32)16-19-14-12-18(2)13-15-19/h4-15H,3,16-17H2,1-2H3,(H,27,30). The number of carbonyl (C=O) groups excluding carboxylic acids is 1. The molecule has 162 valence electrons. The normalized spacial score (nSPS) is 10.9. The van der Waals surface area contributed by atoms with Crippen LogP contribution in [0.5, 0.6) is 0 Å². The van der Waals surface area contributed by atoms with Gasteiger partial charge in [0.05, 0.1) is 17.4 Å². The first kappa shape index (κ1) is 21.3. The van der Waals surface area contributed by atoms with Crippen LogP contribution >= 0.6 is 0 Å². The summed E-state index contributed by atoms with van der Waals surface area (Å²) in [5, 5.41) is 3.31. The number of nitrogens with zero attached hydrogens (tertiary/aromatic N) is 2. The van der Waals surface area contributed by atoms with Gasteiger partial charge in [-0.15, -0.1) is 0 Å². The number of rotatable bonds is 6. The molecule has 0 saturated carbocycles. The molecule has 1 aromatic heterocycles. The van der Waals surface area contributed by atoms with Crippen molar-refractivity contribution in [3.8, 4) is 0 Å². The zero-order valence-electron chi connectivity index (χ0n) is 18.2. The summed E-state index contributed by atoms with van der Waals surface area (Å²) in [5.74, 6) is -0.321. The molecule has 0 unspecified atom stereocenters. The number of carbonyl (C=O) groups is 1. The number of benzene rings is 3. The average molecular weight is 428 g/mol. The molecular weight excluding hydrogens is 402 g/mol. The van der Waals surface area contributed by atoms with Crippen molar-refractivity contribution in [2.45, 2.75) is 33.4 Å². The van der Waals surface area contributed by atoms with E-state index in [0.717, 1.165) is 28.8 Å². The maximum atomic E-state index is 13.3. The Morgan fingerprint density at radius 1 is 0.875 bits per heavy atom. The maximum absolute atomic E-state index is 13.3. The van der Waals surface area contributed by atoms with E-state index in [2.05, 4.69) is 5.32 Å².